The SMILES string of the molecule is Cc1ccc(Nc2ncc(C(=O)Nc3ccc(Br)cc3C)c3ccccc23)cc1Cl. The molecule has 0 saturated carbocycles. The van der Waals surface area contributed by atoms with E-state index >= 15 is 0 Å². The van der Waals surface area contributed by atoms with Crippen LogP contribution in [0, 0.1) is 13.8 Å². The van der Waals surface area contributed by atoms with Crippen LogP contribution in [0.1, 0.15) is 21.5 Å². The largest absolute Gasteiger partial charge is 0.340 e. The molecule has 0 fully saturated rings. The fraction of sp³-hybridized carbons (Fsp3) is 0.0833. The van der Waals surface area contributed by atoms with Gasteiger partial charge in [-0.05, 0) is 60.7 Å². The van der Waals surface area contributed by atoms with Gasteiger partial charge < -0.3 is 10.6 Å². The molecule has 4 nitrogen and oxygen atoms in total. The number of rotatable bonds is 4. The van der Waals surface area contributed by atoms with Crippen molar-refractivity contribution in [3.63, 3.8) is 0 Å². The monoisotopic (exact) mass is 479 g/mol. The molecule has 4 aromatic rings. The van der Waals surface area contributed by atoms with Crippen molar-refractivity contribution in [2.75, 3.05) is 10.6 Å². The smallest absolute Gasteiger partial charge is 0.257 e. The summed E-state index contributed by atoms with van der Waals surface area (Å²) < 4.78 is 0.969. The molecule has 4 rings (SSSR count). The van der Waals surface area contributed by atoms with Crippen LogP contribution in [0.2, 0.25) is 5.02 Å². The maximum atomic E-state index is 13.0. The third kappa shape index (κ3) is 4.18. The number of hydrogen-bond acceptors (Lipinski definition) is 3. The summed E-state index contributed by atoms with van der Waals surface area (Å²) in [6.45, 7) is 3.91. The molecule has 0 bridgehead atoms. The van der Waals surface area contributed by atoms with Gasteiger partial charge in [0.05, 0.1) is 5.56 Å². The van der Waals surface area contributed by atoms with Crippen LogP contribution in [0.3, 0.4) is 0 Å². The average molecular weight is 481 g/mol. The highest BCUT2D eigenvalue weighted by molar-refractivity contribution is 9.10. The average Bonchev–Trinajstić information content (AvgIpc) is 2.73. The molecule has 0 radical (unpaired) electrons. The van der Waals surface area contributed by atoms with E-state index in [1.54, 1.807) is 6.20 Å². The Balaban J connectivity index is 1.69. The lowest BCUT2D eigenvalue weighted by Crippen LogP contribution is -2.14. The van der Waals surface area contributed by atoms with Crippen molar-refractivity contribution in [1.82, 2.24) is 4.98 Å². The maximum Gasteiger partial charge on any atom is 0.257 e. The number of pyridine rings is 1. The summed E-state index contributed by atoms with van der Waals surface area (Å²) in [7, 11) is 0. The van der Waals surface area contributed by atoms with Gasteiger partial charge in [0.25, 0.3) is 5.91 Å². The number of fused-ring (bicyclic) bond motifs is 1. The quantitative estimate of drug-likeness (QED) is 0.323. The number of nitrogens with one attached hydrogen (secondary N) is 2. The Morgan fingerprint density at radius 2 is 1.73 bits per heavy atom. The third-order valence-corrected chi connectivity index (χ3v) is 5.81. The van der Waals surface area contributed by atoms with Gasteiger partial charge in [-0.1, -0.05) is 57.9 Å². The van der Waals surface area contributed by atoms with Crippen LogP contribution in [0.25, 0.3) is 10.8 Å². The van der Waals surface area contributed by atoms with E-state index in [1.165, 1.54) is 0 Å². The summed E-state index contributed by atoms with van der Waals surface area (Å²) in [5.41, 5.74) is 4.11. The molecule has 1 heterocycles. The van der Waals surface area contributed by atoms with Gasteiger partial charge in [-0.2, -0.15) is 0 Å². The maximum absolute atomic E-state index is 13.0. The highest BCUT2D eigenvalue weighted by Crippen LogP contribution is 2.29. The highest BCUT2D eigenvalue weighted by Gasteiger charge is 2.15. The summed E-state index contributed by atoms with van der Waals surface area (Å²) in [4.78, 5) is 17.5. The molecule has 1 amide bonds. The number of anilines is 3. The van der Waals surface area contributed by atoms with Crippen molar-refractivity contribution in [2.45, 2.75) is 13.8 Å². The number of carbonyl (C=O) groups excluding carboxylic acids is 1. The lowest BCUT2D eigenvalue weighted by molar-refractivity contribution is 0.102. The van der Waals surface area contributed by atoms with Gasteiger partial charge in [0, 0.05) is 32.5 Å². The molecule has 0 aliphatic rings. The minimum Gasteiger partial charge on any atom is -0.340 e. The van der Waals surface area contributed by atoms with E-state index in [0.717, 1.165) is 37.7 Å². The molecule has 0 spiro atoms. The Labute approximate surface area is 188 Å². The fourth-order valence-electron chi connectivity index (χ4n) is 3.24. The van der Waals surface area contributed by atoms with Gasteiger partial charge in [-0.3, -0.25) is 4.79 Å². The van der Waals surface area contributed by atoms with Crippen molar-refractivity contribution in [2.24, 2.45) is 0 Å². The van der Waals surface area contributed by atoms with E-state index in [9.17, 15) is 4.79 Å². The molecule has 0 unspecified atom stereocenters. The van der Waals surface area contributed by atoms with Crippen molar-refractivity contribution in [3.05, 3.63) is 93.0 Å². The van der Waals surface area contributed by atoms with Crippen molar-refractivity contribution < 1.29 is 4.79 Å². The zero-order valence-corrected chi connectivity index (χ0v) is 18.8. The van der Waals surface area contributed by atoms with Gasteiger partial charge >= 0.3 is 0 Å². The van der Waals surface area contributed by atoms with E-state index in [1.807, 2.05) is 74.5 Å². The summed E-state index contributed by atoms with van der Waals surface area (Å²) in [5, 5.41) is 8.67. The molecule has 30 heavy (non-hydrogen) atoms. The van der Waals surface area contributed by atoms with E-state index in [2.05, 4.69) is 31.5 Å². The topological polar surface area (TPSA) is 54.0 Å². The molecule has 6 heteroatoms. The molecule has 0 aliphatic carbocycles. The van der Waals surface area contributed by atoms with Crippen molar-refractivity contribution >= 4 is 61.4 Å². The summed E-state index contributed by atoms with van der Waals surface area (Å²) in [6.07, 6.45) is 1.60. The van der Waals surface area contributed by atoms with Gasteiger partial charge in [-0.25, -0.2) is 4.98 Å². The highest BCUT2D eigenvalue weighted by atomic mass is 79.9. The first-order valence-electron chi connectivity index (χ1n) is 9.41. The first-order valence-corrected chi connectivity index (χ1v) is 10.6. The van der Waals surface area contributed by atoms with Crippen LogP contribution in [0.15, 0.2) is 71.3 Å². The second-order valence-corrected chi connectivity index (χ2v) is 8.39. The molecule has 2 N–H and O–H groups in total. The number of aryl methyl sites for hydroxylation is 2. The summed E-state index contributed by atoms with van der Waals surface area (Å²) in [6, 6.07) is 19.2. The van der Waals surface area contributed by atoms with E-state index in [0.29, 0.717) is 16.4 Å². The predicted octanol–water partition coefficient (Wildman–Crippen LogP) is 7.26. The normalized spacial score (nSPS) is 10.8. The first kappa shape index (κ1) is 20.4. The van der Waals surface area contributed by atoms with Crippen LogP contribution in [0.4, 0.5) is 17.2 Å². The molecule has 150 valence electrons. The molecular weight excluding hydrogens is 462 g/mol. The number of halogens is 2. The number of nitrogens with zero attached hydrogens (tertiary/aromatic N) is 1. The second-order valence-electron chi connectivity index (χ2n) is 7.07. The van der Waals surface area contributed by atoms with E-state index in [-0.39, 0.29) is 5.91 Å². The number of amides is 1. The van der Waals surface area contributed by atoms with Crippen LogP contribution in [-0.4, -0.2) is 10.9 Å². The number of carbonyl (C=O) groups is 1. The number of hydrogen-bond donors (Lipinski definition) is 2. The Morgan fingerprint density at radius 3 is 2.47 bits per heavy atom. The second kappa shape index (κ2) is 8.46. The van der Waals surface area contributed by atoms with Crippen LogP contribution in [0.5, 0.6) is 0 Å². The minimum atomic E-state index is -0.200. The number of aromatic nitrogens is 1. The van der Waals surface area contributed by atoms with Gasteiger partial charge in [0.2, 0.25) is 0 Å². The zero-order chi connectivity index (χ0) is 21.3. The summed E-state index contributed by atoms with van der Waals surface area (Å²) >= 11 is 9.69. The molecule has 3 aromatic carbocycles. The van der Waals surface area contributed by atoms with E-state index in [4.69, 9.17) is 11.6 Å². The van der Waals surface area contributed by atoms with E-state index < -0.39 is 0 Å². The standard InChI is InChI=1S/C24H19BrClN3O/c1-14-7-9-17(12-21(14)26)28-23-19-6-4-3-5-18(19)20(13-27-23)24(30)29-22-10-8-16(25)11-15(22)2/h3-13H,1-2H3,(H,27,28)(H,29,30). The van der Waals surface area contributed by atoms with Crippen LogP contribution >= 0.6 is 27.5 Å². The fourth-order valence-corrected chi connectivity index (χ4v) is 3.89. The predicted molar refractivity (Wildman–Crippen MR) is 128 cm³/mol. The summed E-state index contributed by atoms with van der Waals surface area (Å²) in [5.74, 6) is 0.468. The molecule has 0 atom stereocenters. The lowest BCUT2D eigenvalue weighted by Gasteiger charge is -2.14. The van der Waals surface area contributed by atoms with Gasteiger partial charge in [0.1, 0.15) is 5.82 Å². The van der Waals surface area contributed by atoms with Gasteiger partial charge in [-0.15, -0.1) is 0 Å². The lowest BCUT2D eigenvalue weighted by atomic mass is 10.1. The molecular formula is C24H19BrClN3O. The van der Waals surface area contributed by atoms with Crippen LogP contribution in [-0.2, 0) is 0 Å². The zero-order valence-electron chi connectivity index (χ0n) is 16.5. The Morgan fingerprint density at radius 1 is 0.967 bits per heavy atom. The van der Waals surface area contributed by atoms with Crippen LogP contribution < -0.4 is 10.6 Å². The van der Waals surface area contributed by atoms with Crippen molar-refractivity contribution in [1.29, 1.82) is 0 Å². The number of benzene rings is 3. The first-order chi connectivity index (χ1) is 14.4. The molecule has 0 aliphatic heterocycles. The molecule has 1 aromatic heterocycles. The van der Waals surface area contributed by atoms with Crippen molar-refractivity contribution in [3.8, 4) is 0 Å². The minimum absolute atomic E-state index is 0.200. The Bertz CT molecular complexity index is 1270. The van der Waals surface area contributed by atoms with Gasteiger partial charge in [0.15, 0.2) is 0 Å². The third-order valence-electron chi connectivity index (χ3n) is 4.91. The Hall–Kier alpha value is -2.89. The molecule has 0 saturated heterocycles. The Kier molecular flexibility index (Phi) is 5.75.